The molecule has 1 unspecified atom stereocenters. The molecule has 2 saturated heterocycles. The number of carbonyl (C=O) groups excluding carboxylic acids is 2. The molecule has 0 N–H and O–H groups in total. The van der Waals surface area contributed by atoms with Gasteiger partial charge >= 0.3 is 0 Å². The molecule has 3 aromatic rings. The van der Waals surface area contributed by atoms with E-state index in [-0.39, 0.29) is 37.2 Å². The van der Waals surface area contributed by atoms with E-state index >= 15 is 0 Å². The average molecular weight is 509 g/mol. The lowest BCUT2D eigenvalue weighted by atomic mass is 9.96. The Morgan fingerprint density at radius 1 is 0.973 bits per heavy atom. The molecule has 0 radical (unpaired) electrons. The number of para-hydroxylation sites is 1. The van der Waals surface area contributed by atoms with Crippen molar-refractivity contribution in [2.45, 2.75) is 44.2 Å². The van der Waals surface area contributed by atoms with Crippen molar-refractivity contribution in [3.63, 3.8) is 0 Å². The standard InChI is InChI=1S/C28H33FN4O4/c29-23-8-10-24(11-9-23)36-21-28(18-27(35)31-13-4-1-5-14-31)20-32(16-17-37-28)26(34)12-15-33-25-7-3-2-6-22(25)19-30-33/h2-3,6-11,19H,1,4-5,12-18,20-21H2. The Morgan fingerprint density at radius 3 is 2.57 bits per heavy atom. The Hall–Kier alpha value is -3.46. The van der Waals surface area contributed by atoms with Gasteiger partial charge in [-0.05, 0) is 49.6 Å². The number of benzene rings is 2. The van der Waals surface area contributed by atoms with Crippen molar-refractivity contribution in [1.29, 1.82) is 0 Å². The Labute approximate surface area is 215 Å². The number of aryl methyl sites for hydroxylation is 1. The Balaban J connectivity index is 1.27. The van der Waals surface area contributed by atoms with Crippen LogP contribution < -0.4 is 4.74 Å². The lowest BCUT2D eigenvalue weighted by molar-refractivity contribution is -0.166. The third-order valence-corrected chi connectivity index (χ3v) is 7.19. The van der Waals surface area contributed by atoms with Gasteiger partial charge in [-0.2, -0.15) is 5.10 Å². The van der Waals surface area contributed by atoms with Crippen molar-refractivity contribution in [3.05, 3.63) is 60.5 Å². The van der Waals surface area contributed by atoms with Crippen molar-refractivity contribution in [2.75, 3.05) is 39.4 Å². The Bertz CT molecular complexity index is 1220. The van der Waals surface area contributed by atoms with Crippen LogP contribution in [0.5, 0.6) is 5.75 Å². The predicted octanol–water partition coefficient (Wildman–Crippen LogP) is 3.64. The van der Waals surface area contributed by atoms with Crippen LogP contribution in [0, 0.1) is 5.82 Å². The van der Waals surface area contributed by atoms with E-state index in [0.717, 1.165) is 43.3 Å². The van der Waals surface area contributed by atoms with Crippen molar-refractivity contribution in [3.8, 4) is 5.75 Å². The number of morpholine rings is 1. The number of aromatic nitrogens is 2. The van der Waals surface area contributed by atoms with E-state index in [1.807, 2.05) is 33.8 Å². The van der Waals surface area contributed by atoms with E-state index in [0.29, 0.717) is 31.9 Å². The first-order chi connectivity index (χ1) is 18.0. The smallest absolute Gasteiger partial charge is 0.225 e. The fourth-order valence-corrected chi connectivity index (χ4v) is 5.14. The fourth-order valence-electron chi connectivity index (χ4n) is 5.14. The first-order valence-corrected chi connectivity index (χ1v) is 13.0. The van der Waals surface area contributed by atoms with Gasteiger partial charge in [0, 0.05) is 31.4 Å². The zero-order valence-electron chi connectivity index (χ0n) is 21.0. The molecule has 3 heterocycles. The number of amides is 2. The first kappa shape index (κ1) is 25.2. The highest BCUT2D eigenvalue weighted by Crippen LogP contribution is 2.27. The maximum Gasteiger partial charge on any atom is 0.225 e. The molecule has 1 atom stereocenters. The monoisotopic (exact) mass is 508 g/mol. The van der Waals surface area contributed by atoms with Gasteiger partial charge in [0.25, 0.3) is 0 Å². The van der Waals surface area contributed by atoms with Crippen LogP contribution in [0.1, 0.15) is 32.1 Å². The maximum atomic E-state index is 13.4. The zero-order valence-corrected chi connectivity index (χ0v) is 21.0. The molecule has 5 rings (SSSR count). The predicted molar refractivity (Wildman–Crippen MR) is 137 cm³/mol. The number of fused-ring (bicyclic) bond motifs is 1. The van der Waals surface area contributed by atoms with E-state index in [9.17, 15) is 14.0 Å². The molecule has 8 nitrogen and oxygen atoms in total. The van der Waals surface area contributed by atoms with Crippen LogP contribution in [0.2, 0.25) is 0 Å². The van der Waals surface area contributed by atoms with Gasteiger partial charge in [-0.3, -0.25) is 14.3 Å². The van der Waals surface area contributed by atoms with E-state index in [1.165, 1.54) is 12.1 Å². The summed E-state index contributed by atoms with van der Waals surface area (Å²) in [6.45, 7) is 3.07. The molecule has 2 aliphatic rings. The summed E-state index contributed by atoms with van der Waals surface area (Å²) in [7, 11) is 0. The quantitative estimate of drug-likeness (QED) is 0.464. The highest BCUT2D eigenvalue weighted by Gasteiger charge is 2.42. The molecule has 37 heavy (non-hydrogen) atoms. The molecule has 2 aromatic carbocycles. The van der Waals surface area contributed by atoms with Gasteiger partial charge in [-0.15, -0.1) is 0 Å². The number of nitrogens with zero attached hydrogens (tertiary/aromatic N) is 4. The van der Waals surface area contributed by atoms with Gasteiger partial charge in [0.1, 0.15) is 23.8 Å². The highest BCUT2D eigenvalue weighted by atomic mass is 19.1. The summed E-state index contributed by atoms with van der Waals surface area (Å²) in [6.07, 6.45) is 5.35. The van der Waals surface area contributed by atoms with Gasteiger partial charge in [-0.25, -0.2) is 4.39 Å². The SMILES string of the molecule is O=C(CC1(COc2ccc(F)cc2)CN(C(=O)CCn2ncc3ccccc32)CCO1)N1CCCCC1. The summed E-state index contributed by atoms with van der Waals surface area (Å²) in [6, 6.07) is 13.7. The summed E-state index contributed by atoms with van der Waals surface area (Å²) in [5.41, 5.74) is 0.0151. The number of hydrogen-bond acceptors (Lipinski definition) is 5. The molecule has 9 heteroatoms. The Kier molecular flexibility index (Phi) is 7.69. The number of likely N-dealkylation sites (tertiary alicyclic amines) is 1. The van der Waals surface area contributed by atoms with Crippen LogP contribution in [-0.2, 0) is 20.9 Å². The third-order valence-electron chi connectivity index (χ3n) is 7.19. The van der Waals surface area contributed by atoms with Crippen molar-refractivity contribution >= 4 is 22.7 Å². The fraction of sp³-hybridized carbons (Fsp3) is 0.464. The largest absolute Gasteiger partial charge is 0.490 e. The van der Waals surface area contributed by atoms with Crippen LogP contribution in [0.3, 0.4) is 0 Å². The second kappa shape index (κ2) is 11.3. The summed E-state index contributed by atoms with van der Waals surface area (Å²) >= 11 is 0. The number of carbonyl (C=O) groups is 2. The Morgan fingerprint density at radius 2 is 1.76 bits per heavy atom. The molecule has 0 spiro atoms. The minimum atomic E-state index is -0.977. The van der Waals surface area contributed by atoms with Gasteiger partial charge < -0.3 is 19.3 Å². The normalized spacial score (nSPS) is 20.2. The van der Waals surface area contributed by atoms with E-state index in [2.05, 4.69) is 5.10 Å². The van der Waals surface area contributed by atoms with Crippen molar-refractivity contribution < 1.29 is 23.5 Å². The maximum absolute atomic E-state index is 13.4. The molecule has 0 aliphatic carbocycles. The minimum absolute atomic E-state index is 0.0136. The summed E-state index contributed by atoms with van der Waals surface area (Å²) < 4.78 is 27.4. The summed E-state index contributed by atoms with van der Waals surface area (Å²) in [4.78, 5) is 30.2. The summed E-state index contributed by atoms with van der Waals surface area (Å²) in [5.74, 6) is 0.140. The lowest BCUT2D eigenvalue weighted by Crippen LogP contribution is -2.58. The molecule has 196 valence electrons. The van der Waals surface area contributed by atoms with Gasteiger partial charge in [0.2, 0.25) is 11.8 Å². The van der Waals surface area contributed by atoms with Crippen molar-refractivity contribution in [1.82, 2.24) is 19.6 Å². The molecule has 1 aromatic heterocycles. The van der Waals surface area contributed by atoms with E-state index in [4.69, 9.17) is 9.47 Å². The second-order valence-corrected chi connectivity index (χ2v) is 9.88. The third kappa shape index (κ3) is 6.10. The molecular formula is C28H33FN4O4. The molecule has 2 fully saturated rings. The molecule has 2 aliphatic heterocycles. The number of halogens is 1. The zero-order chi connectivity index (χ0) is 25.7. The van der Waals surface area contributed by atoms with Gasteiger partial charge in [-0.1, -0.05) is 18.2 Å². The van der Waals surface area contributed by atoms with Crippen LogP contribution in [0.4, 0.5) is 4.39 Å². The van der Waals surface area contributed by atoms with E-state index < -0.39 is 5.60 Å². The van der Waals surface area contributed by atoms with Gasteiger partial charge in [0.05, 0.1) is 37.8 Å². The van der Waals surface area contributed by atoms with E-state index in [1.54, 1.807) is 23.2 Å². The van der Waals surface area contributed by atoms with Crippen LogP contribution in [0.25, 0.3) is 10.9 Å². The minimum Gasteiger partial charge on any atom is -0.490 e. The molecule has 0 saturated carbocycles. The number of hydrogen-bond donors (Lipinski definition) is 0. The van der Waals surface area contributed by atoms with Crippen LogP contribution in [-0.4, -0.2) is 76.4 Å². The molecule has 0 bridgehead atoms. The number of piperidine rings is 1. The highest BCUT2D eigenvalue weighted by molar-refractivity contribution is 5.80. The molecule has 2 amide bonds. The van der Waals surface area contributed by atoms with Crippen molar-refractivity contribution in [2.24, 2.45) is 0 Å². The topological polar surface area (TPSA) is 76.9 Å². The van der Waals surface area contributed by atoms with Crippen LogP contribution in [0.15, 0.2) is 54.7 Å². The lowest BCUT2D eigenvalue weighted by Gasteiger charge is -2.43. The second-order valence-electron chi connectivity index (χ2n) is 9.88. The summed E-state index contributed by atoms with van der Waals surface area (Å²) in [5, 5.41) is 5.46. The number of rotatable bonds is 8. The molecular weight excluding hydrogens is 475 g/mol. The van der Waals surface area contributed by atoms with Crippen LogP contribution >= 0.6 is 0 Å². The first-order valence-electron chi connectivity index (χ1n) is 13.0. The number of ether oxygens (including phenoxy) is 2. The van der Waals surface area contributed by atoms with Gasteiger partial charge in [0.15, 0.2) is 0 Å². The average Bonchev–Trinajstić information content (AvgIpc) is 3.35.